The normalized spacial score (nSPS) is 36.4. The maximum atomic E-state index is 14.2. The van der Waals surface area contributed by atoms with Crippen molar-refractivity contribution >= 4 is 11.0 Å². The second-order valence-corrected chi connectivity index (χ2v) is 13.2. The Hall–Kier alpha value is -4.15. The highest BCUT2D eigenvalue weighted by Crippen LogP contribution is 2.45. The predicted molar refractivity (Wildman–Crippen MR) is 176 cm³/mol. The molecule has 1 aromatic heterocycles. The molecule has 3 aromatic rings. The van der Waals surface area contributed by atoms with Crippen LogP contribution in [0, 0.1) is 0 Å². The van der Waals surface area contributed by atoms with Gasteiger partial charge < -0.3 is 109 Å². The molecule has 0 radical (unpaired) electrons. The molecule has 6 rings (SSSR count). The number of hydrogen-bond acceptors (Lipinski definition) is 23. The molecule has 0 spiro atoms. The van der Waals surface area contributed by atoms with Gasteiger partial charge in [0.25, 0.3) is 0 Å². The molecule has 3 saturated heterocycles. The van der Waals surface area contributed by atoms with E-state index in [1.165, 1.54) is 0 Å². The Morgan fingerprint density at radius 1 is 0.536 bits per heavy atom. The molecule has 3 fully saturated rings. The Morgan fingerprint density at radius 3 is 1.59 bits per heavy atom. The lowest BCUT2D eigenvalue weighted by molar-refractivity contribution is -0.323. The lowest BCUT2D eigenvalue weighted by Gasteiger charge is -2.42. The lowest BCUT2D eigenvalue weighted by Crippen LogP contribution is -2.62. The molecule has 0 unspecified atom stereocenters. The first-order valence-corrected chi connectivity index (χ1v) is 16.8. The number of phenols is 4. The molecule has 3 aliphatic heterocycles. The monoisotopic (exact) mass is 804 g/mol. The molecule has 15 atom stereocenters. The number of rotatable bonds is 10. The zero-order chi connectivity index (χ0) is 40.9. The van der Waals surface area contributed by atoms with E-state index in [9.17, 15) is 81.4 Å². The minimum Gasteiger partial charge on any atom is -0.507 e. The summed E-state index contributed by atoms with van der Waals surface area (Å²) in [6, 6.07) is 3.54. The molecule has 0 amide bonds. The van der Waals surface area contributed by atoms with Crippen molar-refractivity contribution in [2.75, 3.05) is 19.8 Å². The van der Waals surface area contributed by atoms with Crippen LogP contribution in [0.1, 0.15) is 0 Å². The van der Waals surface area contributed by atoms with Crippen LogP contribution in [0.2, 0.25) is 0 Å². The van der Waals surface area contributed by atoms with Crippen LogP contribution in [0.5, 0.6) is 34.5 Å². The summed E-state index contributed by atoms with van der Waals surface area (Å²) in [5, 5.41) is 154. The van der Waals surface area contributed by atoms with Gasteiger partial charge in [0.1, 0.15) is 84.4 Å². The molecule has 310 valence electrons. The minimum atomic E-state index is -2.15. The quantitative estimate of drug-likeness (QED) is 0.0850. The number of aromatic hydroxyl groups is 4. The summed E-state index contributed by atoms with van der Waals surface area (Å²) in [5.41, 5.74) is -2.36. The number of aliphatic hydroxyl groups excluding tert-OH is 11. The largest absolute Gasteiger partial charge is 0.507 e. The number of aliphatic hydroxyl groups is 11. The van der Waals surface area contributed by atoms with Gasteiger partial charge in [-0.25, -0.2) is 0 Å². The van der Waals surface area contributed by atoms with Gasteiger partial charge in [-0.05, 0) is 18.2 Å². The third kappa shape index (κ3) is 7.51. The molecule has 2 aromatic carbocycles. The maximum Gasteiger partial charge on any atom is 0.239 e. The number of fused-ring (bicyclic) bond motifs is 1. The van der Waals surface area contributed by atoms with Gasteiger partial charge in [-0.15, -0.1) is 0 Å². The van der Waals surface area contributed by atoms with Gasteiger partial charge in [0.15, 0.2) is 34.9 Å². The summed E-state index contributed by atoms with van der Waals surface area (Å²) < 4.78 is 38.8. The van der Waals surface area contributed by atoms with E-state index in [-0.39, 0.29) is 5.56 Å². The molecule has 0 saturated carbocycles. The molecule has 15 N–H and O–H groups in total. The van der Waals surface area contributed by atoms with Crippen molar-refractivity contribution in [3.05, 3.63) is 34.5 Å². The molecule has 3 aliphatic rings. The van der Waals surface area contributed by atoms with Crippen molar-refractivity contribution in [1.29, 1.82) is 0 Å². The zero-order valence-corrected chi connectivity index (χ0v) is 28.6. The summed E-state index contributed by atoms with van der Waals surface area (Å²) >= 11 is 0. The van der Waals surface area contributed by atoms with Crippen LogP contribution in [0.15, 0.2) is 33.5 Å². The van der Waals surface area contributed by atoms with E-state index in [0.29, 0.717) is 6.07 Å². The Kier molecular flexibility index (Phi) is 12.1. The number of hydrogen-bond donors (Lipinski definition) is 15. The fourth-order valence-corrected chi connectivity index (χ4v) is 6.31. The Labute approximate surface area is 312 Å². The lowest BCUT2D eigenvalue weighted by atomic mass is 9.98. The third-order valence-electron chi connectivity index (χ3n) is 9.53. The van der Waals surface area contributed by atoms with Crippen molar-refractivity contribution in [2.24, 2.45) is 0 Å². The highest BCUT2D eigenvalue weighted by atomic mass is 16.7. The molecular weight excluding hydrogens is 764 g/mol. The van der Waals surface area contributed by atoms with Crippen molar-refractivity contribution in [2.45, 2.75) is 92.1 Å². The van der Waals surface area contributed by atoms with E-state index in [1.54, 1.807) is 0 Å². The average Bonchev–Trinajstić information content (AvgIpc) is 3.17. The smallest absolute Gasteiger partial charge is 0.239 e. The average molecular weight is 805 g/mol. The standard InChI is InChI=1S/C33H40O23/c34-5-13-17(40)21(44)24(47)31(51-13)50-7-15-19(42)23(46)26(49)33(53-15)56-30-20(43)16-11(38)4-12(39)28(55-32-25(48)22(45)18(41)14(6-35)52-32)29(16)54-27(30)8-1-2-9(36)10(37)3-8/h1-4,13-15,17-19,21-26,31-42,44-49H,5-7H2/t13-,14-,15-,17-,18-,19-,21+,22+,23+,24-,25-,26-,31-,32+,33+/m1/s1. The van der Waals surface area contributed by atoms with Crippen LogP contribution in [-0.4, -0.2) is 189 Å². The van der Waals surface area contributed by atoms with E-state index in [2.05, 4.69) is 0 Å². The molecule has 4 heterocycles. The van der Waals surface area contributed by atoms with Gasteiger partial charge in [0, 0.05) is 11.6 Å². The van der Waals surface area contributed by atoms with Gasteiger partial charge in [-0.2, -0.15) is 0 Å². The van der Waals surface area contributed by atoms with E-state index in [4.69, 9.17) is 32.8 Å². The van der Waals surface area contributed by atoms with Gasteiger partial charge in [-0.1, -0.05) is 0 Å². The summed E-state index contributed by atoms with van der Waals surface area (Å²) in [7, 11) is 0. The van der Waals surface area contributed by atoms with Crippen LogP contribution >= 0.6 is 0 Å². The Balaban J connectivity index is 1.39. The van der Waals surface area contributed by atoms with Crippen molar-refractivity contribution in [3.63, 3.8) is 0 Å². The van der Waals surface area contributed by atoms with Crippen LogP contribution in [-0.2, 0) is 18.9 Å². The van der Waals surface area contributed by atoms with Crippen molar-refractivity contribution in [3.8, 4) is 45.8 Å². The van der Waals surface area contributed by atoms with Gasteiger partial charge >= 0.3 is 0 Å². The molecule has 23 heteroatoms. The van der Waals surface area contributed by atoms with E-state index in [0.717, 1.165) is 18.2 Å². The molecule has 0 bridgehead atoms. The molecule has 23 nitrogen and oxygen atoms in total. The van der Waals surface area contributed by atoms with E-state index >= 15 is 0 Å². The first-order valence-electron chi connectivity index (χ1n) is 16.8. The highest BCUT2D eigenvalue weighted by molar-refractivity contribution is 5.93. The van der Waals surface area contributed by atoms with E-state index in [1.807, 2.05) is 0 Å². The molecular formula is C33H40O23. The van der Waals surface area contributed by atoms with E-state index < -0.39 is 169 Å². The molecule has 56 heavy (non-hydrogen) atoms. The summed E-state index contributed by atoms with van der Waals surface area (Å²) in [5.74, 6) is -5.72. The van der Waals surface area contributed by atoms with Crippen LogP contribution < -0.4 is 14.9 Å². The fraction of sp³-hybridized carbons (Fsp3) is 0.545. The Bertz CT molecular complexity index is 1920. The van der Waals surface area contributed by atoms with Crippen molar-refractivity contribution in [1.82, 2.24) is 0 Å². The van der Waals surface area contributed by atoms with Crippen LogP contribution in [0.25, 0.3) is 22.3 Å². The summed E-state index contributed by atoms with van der Waals surface area (Å²) in [6.07, 6.45) is -27.7. The Morgan fingerprint density at radius 2 is 1.04 bits per heavy atom. The predicted octanol–water partition coefficient (Wildman–Crippen LogP) is -5.54. The van der Waals surface area contributed by atoms with Gasteiger partial charge in [-0.3, -0.25) is 4.79 Å². The second kappa shape index (κ2) is 16.4. The zero-order valence-electron chi connectivity index (χ0n) is 28.6. The first kappa shape index (κ1) is 41.5. The number of phenolic OH excluding ortho intramolecular Hbond substituents is 4. The fourth-order valence-electron chi connectivity index (χ4n) is 6.31. The summed E-state index contributed by atoms with van der Waals surface area (Å²) in [4.78, 5) is 14.2. The number of benzene rings is 2. The third-order valence-corrected chi connectivity index (χ3v) is 9.53. The van der Waals surface area contributed by atoms with Crippen LogP contribution in [0.4, 0.5) is 0 Å². The summed E-state index contributed by atoms with van der Waals surface area (Å²) in [6.45, 7) is -2.43. The van der Waals surface area contributed by atoms with Crippen molar-refractivity contribution < 1.29 is 109 Å². The SMILES string of the molecule is O=c1c(O[C@@H]2O[C@H](CO[C@@H]3O[C@H](CO)[C@@H](O)[C@H](O)[C@H]3O)[C@@H](O)[C@H](O)[C@H]2O)c(-c2ccc(O)c(O)c2)oc2c(O[C@@H]3O[C@H](CO)[C@@H](O)[C@H](O)[C@H]3O)c(O)cc(O)c12. The van der Waals surface area contributed by atoms with Gasteiger partial charge in [0.2, 0.25) is 29.5 Å². The second-order valence-electron chi connectivity index (χ2n) is 13.2. The minimum absolute atomic E-state index is 0.260. The molecule has 0 aliphatic carbocycles. The topological polar surface area (TPSA) is 389 Å². The number of ether oxygens (including phenoxy) is 6. The van der Waals surface area contributed by atoms with Gasteiger partial charge in [0.05, 0.1) is 19.8 Å². The van der Waals surface area contributed by atoms with Crippen LogP contribution in [0.3, 0.4) is 0 Å². The first-order chi connectivity index (χ1) is 26.5. The maximum absolute atomic E-state index is 14.2. The highest BCUT2D eigenvalue weighted by Gasteiger charge is 2.49.